The molecule has 0 aliphatic carbocycles. The molecule has 1 heterocycles. The van der Waals surface area contributed by atoms with Crippen LogP contribution in [0.5, 0.6) is 11.5 Å². The van der Waals surface area contributed by atoms with Crippen molar-refractivity contribution in [3.63, 3.8) is 0 Å². The summed E-state index contributed by atoms with van der Waals surface area (Å²) in [7, 11) is 0. The maximum absolute atomic E-state index is 13.1. The average Bonchev–Trinajstić information content (AvgIpc) is 3.52. The first-order chi connectivity index (χ1) is 21.0. The Morgan fingerprint density at radius 3 is 2.33 bits per heavy atom. The number of rotatable bonds is 7. The molecule has 5 aromatic carbocycles. The molecule has 6 aromatic rings. The van der Waals surface area contributed by atoms with E-state index in [-0.39, 0.29) is 22.8 Å². The molecule has 0 saturated heterocycles. The van der Waals surface area contributed by atoms with Gasteiger partial charge in [0.1, 0.15) is 22.8 Å². The molecule has 210 valence electrons. The maximum Gasteiger partial charge on any atom is 0.347 e. The summed E-state index contributed by atoms with van der Waals surface area (Å²) in [4.78, 5) is 37.5. The van der Waals surface area contributed by atoms with E-state index in [1.807, 2.05) is 72.8 Å². The quantitative estimate of drug-likeness (QED) is 0.101. The average molecular weight is 569 g/mol. The smallest absolute Gasteiger partial charge is 0.347 e. The summed E-state index contributed by atoms with van der Waals surface area (Å²) >= 11 is 0. The normalized spacial score (nSPS) is 11.1. The standard InChI is InChI=1S/C34H24N4O5/c1-21(39)42-31-13-7-6-12-27(31)34(41)43-32-17-16-23-9-4-5-11-26(23)28(32)20-35-38-33(40)30-19-29(36-37-30)25-15-14-22-8-2-3-10-24(22)18-25/h2-20H,1H3,(H,36,37)(H,38,40)/b35-20+. The van der Waals surface area contributed by atoms with E-state index in [2.05, 4.69) is 20.7 Å². The Labute approximate surface area is 245 Å². The monoisotopic (exact) mass is 568 g/mol. The summed E-state index contributed by atoms with van der Waals surface area (Å²) in [6.45, 7) is 1.25. The lowest BCUT2D eigenvalue weighted by atomic mass is 10.0. The molecule has 0 aliphatic heterocycles. The van der Waals surface area contributed by atoms with Gasteiger partial charge in [0.25, 0.3) is 5.91 Å². The Morgan fingerprint density at radius 2 is 1.49 bits per heavy atom. The lowest BCUT2D eigenvalue weighted by Crippen LogP contribution is -2.18. The molecule has 6 rings (SSSR count). The summed E-state index contributed by atoms with van der Waals surface area (Å²) < 4.78 is 10.9. The van der Waals surface area contributed by atoms with Gasteiger partial charge in [0.15, 0.2) is 0 Å². The Bertz CT molecular complexity index is 2050. The van der Waals surface area contributed by atoms with Crippen LogP contribution >= 0.6 is 0 Å². The van der Waals surface area contributed by atoms with Crippen molar-refractivity contribution in [2.24, 2.45) is 5.10 Å². The second kappa shape index (κ2) is 11.8. The van der Waals surface area contributed by atoms with Crippen LogP contribution in [-0.2, 0) is 4.79 Å². The van der Waals surface area contributed by atoms with Gasteiger partial charge in [-0.25, -0.2) is 10.2 Å². The van der Waals surface area contributed by atoms with Crippen LogP contribution < -0.4 is 14.9 Å². The van der Waals surface area contributed by atoms with Crippen LogP contribution in [0.4, 0.5) is 0 Å². The number of fused-ring (bicyclic) bond motifs is 2. The zero-order chi connectivity index (χ0) is 29.8. The zero-order valence-corrected chi connectivity index (χ0v) is 22.9. The second-order valence-corrected chi connectivity index (χ2v) is 9.61. The number of para-hydroxylation sites is 1. The van der Waals surface area contributed by atoms with Gasteiger partial charge in [0.2, 0.25) is 0 Å². The first-order valence-electron chi connectivity index (χ1n) is 13.4. The summed E-state index contributed by atoms with van der Waals surface area (Å²) in [5, 5.41) is 15.0. The number of nitrogens with one attached hydrogen (secondary N) is 2. The molecule has 9 heteroatoms. The van der Waals surface area contributed by atoms with Crippen molar-refractivity contribution >= 4 is 45.6 Å². The Hall–Kier alpha value is -6.09. The number of nitrogens with zero attached hydrogens (tertiary/aromatic N) is 2. The van der Waals surface area contributed by atoms with E-state index in [1.54, 1.807) is 24.3 Å². The third kappa shape index (κ3) is 5.86. The Balaban J connectivity index is 1.23. The SMILES string of the molecule is CC(=O)Oc1ccccc1C(=O)Oc1ccc2ccccc2c1/C=N/NC(=O)c1cc(-c2ccc3ccccc3c2)n[nH]1. The zero-order valence-electron chi connectivity index (χ0n) is 22.9. The van der Waals surface area contributed by atoms with Crippen molar-refractivity contribution in [2.45, 2.75) is 6.92 Å². The number of carbonyl (C=O) groups is 3. The van der Waals surface area contributed by atoms with Gasteiger partial charge < -0.3 is 9.47 Å². The van der Waals surface area contributed by atoms with E-state index in [1.165, 1.54) is 25.3 Å². The first kappa shape index (κ1) is 27.1. The number of hydrazone groups is 1. The van der Waals surface area contributed by atoms with Gasteiger partial charge in [-0.05, 0) is 51.9 Å². The van der Waals surface area contributed by atoms with Crippen molar-refractivity contribution in [1.29, 1.82) is 0 Å². The molecule has 0 unspecified atom stereocenters. The maximum atomic E-state index is 13.1. The van der Waals surface area contributed by atoms with Crippen LogP contribution in [0.1, 0.15) is 33.3 Å². The van der Waals surface area contributed by atoms with Crippen molar-refractivity contribution in [1.82, 2.24) is 15.6 Å². The third-order valence-corrected chi connectivity index (χ3v) is 6.72. The lowest BCUT2D eigenvalue weighted by Gasteiger charge is -2.12. The molecule has 0 radical (unpaired) electrons. The summed E-state index contributed by atoms with van der Waals surface area (Å²) in [5.41, 5.74) is 4.79. The predicted octanol–water partition coefficient (Wildman–Crippen LogP) is 6.29. The van der Waals surface area contributed by atoms with Crippen LogP contribution in [0, 0.1) is 0 Å². The van der Waals surface area contributed by atoms with Crippen molar-refractivity contribution in [2.75, 3.05) is 0 Å². The molecule has 43 heavy (non-hydrogen) atoms. The van der Waals surface area contributed by atoms with Gasteiger partial charge in [-0.2, -0.15) is 10.2 Å². The molecule has 1 amide bonds. The number of benzene rings is 5. The molecule has 0 bridgehead atoms. The van der Waals surface area contributed by atoms with E-state index >= 15 is 0 Å². The van der Waals surface area contributed by atoms with Gasteiger partial charge in [-0.1, -0.05) is 78.9 Å². The van der Waals surface area contributed by atoms with E-state index in [4.69, 9.17) is 9.47 Å². The van der Waals surface area contributed by atoms with Gasteiger partial charge in [0.05, 0.1) is 11.9 Å². The molecule has 0 spiro atoms. The minimum atomic E-state index is -0.718. The second-order valence-electron chi connectivity index (χ2n) is 9.61. The topological polar surface area (TPSA) is 123 Å². The number of aromatic amines is 1. The van der Waals surface area contributed by atoms with E-state index < -0.39 is 17.8 Å². The number of amides is 1. The van der Waals surface area contributed by atoms with Gasteiger partial charge in [0, 0.05) is 18.1 Å². The number of aromatic nitrogens is 2. The summed E-state index contributed by atoms with van der Waals surface area (Å²) in [6, 6.07) is 32.9. The van der Waals surface area contributed by atoms with E-state index in [0.717, 1.165) is 27.1 Å². The highest BCUT2D eigenvalue weighted by Crippen LogP contribution is 2.29. The van der Waals surface area contributed by atoms with Crippen LogP contribution in [0.3, 0.4) is 0 Å². The molecular weight excluding hydrogens is 544 g/mol. The van der Waals surface area contributed by atoms with Crippen LogP contribution in [-0.4, -0.2) is 34.3 Å². The molecule has 0 fully saturated rings. The highest BCUT2D eigenvalue weighted by atomic mass is 16.5. The first-order valence-corrected chi connectivity index (χ1v) is 13.4. The van der Waals surface area contributed by atoms with E-state index in [9.17, 15) is 14.4 Å². The Kier molecular flexibility index (Phi) is 7.43. The fourth-order valence-electron chi connectivity index (χ4n) is 4.68. The van der Waals surface area contributed by atoms with Gasteiger partial charge >= 0.3 is 11.9 Å². The third-order valence-electron chi connectivity index (χ3n) is 6.72. The molecule has 2 N–H and O–H groups in total. The number of ether oxygens (including phenoxy) is 2. The molecule has 0 saturated carbocycles. The fourth-order valence-corrected chi connectivity index (χ4v) is 4.68. The molecule has 1 aromatic heterocycles. The number of hydrogen-bond acceptors (Lipinski definition) is 7. The number of hydrogen-bond donors (Lipinski definition) is 2. The molecule has 9 nitrogen and oxygen atoms in total. The molecule has 0 aliphatic rings. The van der Waals surface area contributed by atoms with Gasteiger partial charge in [-0.3, -0.25) is 14.7 Å². The van der Waals surface area contributed by atoms with Crippen molar-refractivity contribution in [3.8, 4) is 22.8 Å². The van der Waals surface area contributed by atoms with Crippen LogP contribution in [0.25, 0.3) is 32.8 Å². The molecule has 0 atom stereocenters. The lowest BCUT2D eigenvalue weighted by molar-refractivity contribution is -0.131. The van der Waals surface area contributed by atoms with Crippen molar-refractivity contribution < 1.29 is 23.9 Å². The highest BCUT2D eigenvalue weighted by molar-refractivity contribution is 6.05. The Morgan fingerprint density at radius 1 is 0.767 bits per heavy atom. The molecular formula is C34H24N4O5. The summed E-state index contributed by atoms with van der Waals surface area (Å²) in [6.07, 6.45) is 1.42. The minimum absolute atomic E-state index is 0.0866. The number of esters is 2. The van der Waals surface area contributed by atoms with Crippen molar-refractivity contribution in [3.05, 3.63) is 126 Å². The van der Waals surface area contributed by atoms with E-state index in [0.29, 0.717) is 11.3 Å². The predicted molar refractivity (Wildman–Crippen MR) is 163 cm³/mol. The van der Waals surface area contributed by atoms with Crippen LogP contribution in [0.15, 0.2) is 114 Å². The number of H-pyrrole nitrogens is 1. The highest BCUT2D eigenvalue weighted by Gasteiger charge is 2.18. The number of carbonyl (C=O) groups excluding carboxylic acids is 3. The largest absolute Gasteiger partial charge is 0.426 e. The summed E-state index contributed by atoms with van der Waals surface area (Å²) in [5.74, 6) is -1.48. The van der Waals surface area contributed by atoms with Crippen LogP contribution in [0.2, 0.25) is 0 Å². The van der Waals surface area contributed by atoms with Gasteiger partial charge in [-0.15, -0.1) is 0 Å². The fraction of sp³-hybridized carbons (Fsp3) is 0.0294. The minimum Gasteiger partial charge on any atom is -0.426 e.